The van der Waals surface area contributed by atoms with Gasteiger partial charge in [-0.15, -0.1) is 11.3 Å². The summed E-state index contributed by atoms with van der Waals surface area (Å²) in [7, 11) is 0. The van der Waals surface area contributed by atoms with Crippen molar-refractivity contribution in [3.63, 3.8) is 0 Å². The van der Waals surface area contributed by atoms with Crippen LogP contribution in [0.4, 0.5) is 0 Å². The van der Waals surface area contributed by atoms with Gasteiger partial charge in [-0.2, -0.15) is 0 Å². The van der Waals surface area contributed by atoms with E-state index in [1.807, 2.05) is 11.3 Å². The summed E-state index contributed by atoms with van der Waals surface area (Å²) in [5.74, 6) is 0. The van der Waals surface area contributed by atoms with E-state index in [1.165, 1.54) is 37.4 Å². The van der Waals surface area contributed by atoms with Gasteiger partial charge in [0.25, 0.3) is 0 Å². The molecule has 0 radical (unpaired) electrons. The van der Waals surface area contributed by atoms with Crippen LogP contribution in [0.3, 0.4) is 0 Å². The molecule has 1 saturated heterocycles. The van der Waals surface area contributed by atoms with Crippen LogP contribution in [0.2, 0.25) is 0 Å². The first-order chi connectivity index (χ1) is 7.40. The Kier molecular flexibility index (Phi) is 4.18. The normalized spacial score (nSPS) is 18.5. The second kappa shape index (κ2) is 5.64. The molecular weight excluding hydrogens is 204 g/mol. The fourth-order valence-corrected chi connectivity index (χ4v) is 3.00. The second-order valence-corrected chi connectivity index (χ2v) is 5.16. The van der Waals surface area contributed by atoms with Crippen molar-refractivity contribution in [2.24, 2.45) is 0 Å². The van der Waals surface area contributed by atoms with Gasteiger partial charge in [-0.1, -0.05) is 13.0 Å². The molecule has 1 aromatic heterocycles. The van der Waals surface area contributed by atoms with Gasteiger partial charge in [-0.05, 0) is 43.9 Å². The molecule has 0 saturated carbocycles. The van der Waals surface area contributed by atoms with Gasteiger partial charge in [0.15, 0.2) is 0 Å². The van der Waals surface area contributed by atoms with Crippen molar-refractivity contribution in [2.45, 2.75) is 32.4 Å². The van der Waals surface area contributed by atoms with Gasteiger partial charge in [0.2, 0.25) is 0 Å². The molecule has 0 unspecified atom stereocenters. The second-order valence-electron chi connectivity index (χ2n) is 4.12. The van der Waals surface area contributed by atoms with Crippen LogP contribution in [-0.4, -0.2) is 30.6 Å². The lowest BCUT2D eigenvalue weighted by Gasteiger charge is -2.33. The highest BCUT2D eigenvalue weighted by atomic mass is 32.1. The van der Waals surface area contributed by atoms with Gasteiger partial charge >= 0.3 is 0 Å². The zero-order valence-corrected chi connectivity index (χ0v) is 10.2. The van der Waals surface area contributed by atoms with Crippen LogP contribution < -0.4 is 5.32 Å². The molecule has 1 aliphatic rings. The lowest BCUT2D eigenvalue weighted by Crippen LogP contribution is -2.42. The van der Waals surface area contributed by atoms with Crippen molar-refractivity contribution < 1.29 is 0 Å². The van der Waals surface area contributed by atoms with Gasteiger partial charge in [-0.25, -0.2) is 0 Å². The van der Waals surface area contributed by atoms with Crippen LogP contribution in [0.25, 0.3) is 0 Å². The minimum Gasteiger partial charge on any atom is -0.317 e. The van der Waals surface area contributed by atoms with E-state index in [2.05, 4.69) is 34.7 Å². The third kappa shape index (κ3) is 3.03. The minimum absolute atomic E-state index is 0.790. The molecule has 1 aliphatic heterocycles. The van der Waals surface area contributed by atoms with Crippen LogP contribution in [0.5, 0.6) is 0 Å². The molecule has 0 aliphatic carbocycles. The van der Waals surface area contributed by atoms with E-state index in [4.69, 9.17) is 0 Å². The molecular formula is C12H20N2S. The molecule has 1 N–H and O–H groups in total. The van der Waals surface area contributed by atoms with Gasteiger partial charge in [0.1, 0.15) is 0 Å². The fraction of sp³-hybridized carbons (Fsp3) is 0.667. The first-order valence-corrected chi connectivity index (χ1v) is 6.75. The van der Waals surface area contributed by atoms with Gasteiger partial charge in [-0.3, -0.25) is 4.90 Å². The molecule has 2 rings (SSSR count). The summed E-state index contributed by atoms with van der Waals surface area (Å²) in [4.78, 5) is 4.11. The highest BCUT2D eigenvalue weighted by Gasteiger charge is 2.19. The van der Waals surface area contributed by atoms with Crippen molar-refractivity contribution in [1.82, 2.24) is 10.2 Å². The number of piperidine rings is 1. The Morgan fingerprint density at radius 3 is 2.87 bits per heavy atom. The van der Waals surface area contributed by atoms with Crippen LogP contribution in [0.15, 0.2) is 17.5 Å². The average Bonchev–Trinajstić information content (AvgIpc) is 2.80. The highest BCUT2D eigenvalue weighted by molar-refractivity contribution is 7.09. The van der Waals surface area contributed by atoms with Crippen molar-refractivity contribution in [3.05, 3.63) is 22.4 Å². The molecule has 1 fully saturated rings. The van der Waals surface area contributed by atoms with Gasteiger partial charge in [0.05, 0.1) is 0 Å². The summed E-state index contributed by atoms with van der Waals surface area (Å²) in [5.41, 5.74) is 0. The maximum absolute atomic E-state index is 3.43. The Morgan fingerprint density at radius 2 is 2.27 bits per heavy atom. The summed E-state index contributed by atoms with van der Waals surface area (Å²) < 4.78 is 0. The third-order valence-corrected chi connectivity index (χ3v) is 4.03. The predicted molar refractivity (Wildman–Crippen MR) is 66.3 cm³/mol. The molecule has 2 nitrogen and oxygen atoms in total. The quantitative estimate of drug-likeness (QED) is 0.844. The van der Waals surface area contributed by atoms with Crippen molar-refractivity contribution in [2.75, 3.05) is 19.6 Å². The zero-order chi connectivity index (χ0) is 10.5. The van der Waals surface area contributed by atoms with Crippen LogP contribution >= 0.6 is 11.3 Å². The van der Waals surface area contributed by atoms with E-state index in [0.717, 1.165) is 12.6 Å². The standard InChI is InChI=1S/C12H20N2S/c1-2-14(10-12-4-3-9-15-12)11-5-7-13-8-6-11/h3-4,9,11,13H,2,5-8,10H2,1H3. The Balaban J connectivity index is 1.91. The molecule has 0 spiro atoms. The number of hydrogen-bond acceptors (Lipinski definition) is 3. The summed E-state index contributed by atoms with van der Waals surface area (Å²) in [5, 5.41) is 5.60. The fourth-order valence-electron chi connectivity index (χ4n) is 2.27. The SMILES string of the molecule is CCN(Cc1cccs1)C1CCNCC1. The van der Waals surface area contributed by atoms with Crippen LogP contribution in [0.1, 0.15) is 24.6 Å². The van der Waals surface area contributed by atoms with Crippen molar-refractivity contribution in [1.29, 1.82) is 0 Å². The minimum atomic E-state index is 0.790. The van der Waals surface area contributed by atoms with E-state index in [1.54, 1.807) is 0 Å². The summed E-state index contributed by atoms with van der Waals surface area (Å²) >= 11 is 1.87. The lowest BCUT2D eigenvalue weighted by molar-refractivity contribution is 0.163. The molecule has 15 heavy (non-hydrogen) atoms. The number of thiophene rings is 1. The maximum atomic E-state index is 3.43. The monoisotopic (exact) mass is 224 g/mol. The number of hydrogen-bond donors (Lipinski definition) is 1. The van der Waals surface area contributed by atoms with Crippen molar-refractivity contribution in [3.8, 4) is 0 Å². The van der Waals surface area contributed by atoms with E-state index in [0.29, 0.717) is 0 Å². The predicted octanol–water partition coefficient (Wildman–Crippen LogP) is 2.32. The Hall–Kier alpha value is -0.380. The number of nitrogens with zero attached hydrogens (tertiary/aromatic N) is 1. The van der Waals surface area contributed by atoms with Crippen LogP contribution in [0, 0.1) is 0 Å². The first-order valence-electron chi connectivity index (χ1n) is 5.87. The third-order valence-electron chi connectivity index (χ3n) is 3.17. The topological polar surface area (TPSA) is 15.3 Å². The highest BCUT2D eigenvalue weighted by Crippen LogP contribution is 2.17. The van der Waals surface area contributed by atoms with E-state index >= 15 is 0 Å². The lowest BCUT2D eigenvalue weighted by atomic mass is 10.0. The summed E-state index contributed by atoms with van der Waals surface area (Å²) in [6.07, 6.45) is 2.61. The molecule has 0 amide bonds. The Bertz CT molecular complexity index is 265. The summed E-state index contributed by atoms with van der Waals surface area (Å²) in [6, 6.07) is 5.18. The van der Waals surface area contributed by atoms with Gasteiger partial charge in [0, 0.05) is 17.5 Å². The Morgan fingerprint density at radius 1 is 1.47 bits per heavy atom. The first kappa shape index (κ1) is 11.1. The largest absolute Gasteiger partial charge is 0.317 e. The smallest absolute Gasteiger partial charge is 0.0330 e. The zero-order valence-electron chi connectivity index (χ0n) is 9.41. The number of rotatable bonds is 4. The van der Waals surface area contributed by atoms with Gasteiger partial charge < -0.3 is 5.32 Å². The molecule has 2 heterocycles. The molecule has 0 bridgehead atoms. The molecule has 0 atom stereocenters. The van der Waals surface area contributed by atoms with E-state index < -0.39 is 0 Å². The molecule has 0 aromatic carbocycles. The number of nitrogens with one attached hydrogen (secondary N) is 1. The van der Waals surface area contributed by atoms with Crippen molar-refractivity contribution >= 4 is 11.3 Å². The van der Waals surface area contributed by atoms with E-state index in [9.17, 15) is 0 Å². The molecule has 84 valence electrons. The van der Waals surface area contributed by atoms with Crippen LogP contribution in [-0.2, 0) is 6.54 Å². The maximum Gasteiger partial charge on any atom is 0.0330 e. The summed E-state index contributed by atoms with van der Waals surface area (Å²) in [6.45, 7) is 6.95. The average molecular weight is 224 g/mol. The molecule has 3 heteroatoms. The van der Waals surface area contributed by atoms with E-state index in [-0.39, 0.29) is 0 Å². The Labute approximate surface area is 96.3 Å². The molecule has 1 aromatic rings.